The number of nitrogens with one attached hydrogen (secondary N) is 2. The van der Waals surface area contributed by atoms with Crippen LogP contribution in [0.25, 0.3) is 0 Å². The third kappa shape index (κ3) is 4.15. The van der Waals surface area contributed by atoms with E-state index in [2.05, 4.69) is 20.6 Å². The summed E-state index contributed by atoms with van der Waals surface area (Å²) in [6.07, 6.45) is 1.47. The van der Waals surface area contributed by atoms with Crippen molar-refractivity contribution in [1.29, 1.82) is 0 Å². The van der Waals surface area contributed by atoms with Crippen LogP contribution in [-0.2, 0) is 6.54 Å². The summed E-state index contributed by atoms with van der Waals surface area (Å²) in [7, 11) is 0. The Labute approximate surface area is 155 Å². The Morgan fingerprint density at radius 2 is 1.96 bits per heavy atom. The number of aromatic nitrogens is 2. The molecule has 0 saturated heterocycles. The van der Waals surface area contributed by atoms with Crippen molar-refractivity contribution in [2.24, 2.45) is 0 Å². The van der Waals surface area contributed by atoms with Crippen LogP contribution in [0.4, 0.5) is 16.0 Å². The summed E-state index contributed by atoms with van der Waals surface area (Å²) in [4.78, 5) is 20.7. The number of halogens is 2. The van der Waals surface area contributed by atoms with Gasteiger partial charge in [0.2, 0.25) is 5.95 Å². The van der Waals surface area contributed by atoms with Gasteiger partial charge in [-0.1, -0.05) is 35.9 Å². The first-order chi connectivity index (χ1) is 12.5. The number of hydrogen-bond donors (Lipinski definition) is 2. The quantitative estimate of drug-likeness (QED) is 0.696. The van der Waals surface area contributed by atoms with Gasteiger partial charge in [0, 0.05) is 29.0 Å². The molecular formula is C19H16ClFN4O. The van der Waals surface area contributed by atoms with Crippen LogP contribution in [-0.4, -0.2) is 15.9 Å². The Kier molecular flexibility index (Phi) is 5.43. The molecule has 1 aromatic heterocycles. The lowest BCUT2D eigenvalue weighted by Gasteiger charge is -2.10. The molecule has 3 aromatic rings. The van der Waals surface area contributed by atoms with Gasteiger partial charge in [-0.2, -0.15) is 0 Å². The van der Waals surface area contributed by atoms with Gasteiger partial charge in [0.15, 0.2) is 0 Å². The number of rotatable bonds is 5. The number of hydrogen-bond acceptors (Lipinski definition) is 4. The molecule has 1 amide bonds. The summed E-state index contributed by atoms with van der Waals surface area (Å²) in [5.41, 5.74) is 2.06. The van der Waals surface area contributed by atoms with E-state index >= 15 is 0 Å². The Hall–Kier alpha value is -2.99. The molecule has 0 spiro atoms. The Morgan fingerprint density at radius 1 is 1.15 bits per heavy atom. The van der Waals surface area contributed by atoms with Gasteiger partial charge in [-0.25, -0.2) is 14.4 Å². The highest BCUT2D eigenvalue weighted by Gasteiger charge is 2.12. The minimum atomic E-state index is -0.383. The SMILES string of the molecule is Cc1c(Cl)cccc1NC(=O)c1ccnc(NCc2ccccc2F)n1. The maximum Gasteiger partial charge on any atom is 0.274 e. The molecule has 0 aliphatic heterocycles. The van der Waals surface area contributed by atoms with E-state index in [1.807, 2.05) is 6.92 Å². The van der Waals surface area contributed by atoms with Crippen molar-refractivity contribution in [3.63, 3.8) is 0 Å². The van der Waals surface area contributed by atoms with Crippen molar-refractivity contribution < 1.29 is 9.18 Å². The van der Waals surface area contributed by atoms with E-state index in [4.69, 9.17) is 11.6 Å². The lowest BCUT2D eigenvalue weighted by Crippen LogP contribution is -2.16. The summed E-state index contributed by atoms with van der Waals surface area (Å²) < 4.78 is 13.7. The number of carbonyl (C=O) groups is 1. The summed E-state index contributed by atoms with van der Waals surface area (Å²) in [6, 6.07) is 13.2. The predicted octanol–water partition coefficient (Wildman–Crippen LogP) is 4.44. The van der Waals surface area contributed by atoms with E-state index in [1.165, 1.54) is 18.3 Å². The first-order valence-electron chi connectivity index (χ1n) is 7.91. The molecule has 0 aliphatic rings. The average molecular weight is 371 g/mol. The number of anilines is 2. The molecule has 2 aromatic carbocycles. The van der Waals surface area contributed by atoms with Gasteiger partial charge in [-0.15, -0.1) is 0 Å². The fraction of sp³-hybridized carbons (Fsp3) is 0.105. The van der Waals surface area contributed by atoms with E-state index in [1.54, 1.807) is 36.4 Å². The zero-order chi connectivity index (χ0) is 18.5. The summed E-state index contributed by atoms with van der Waals surface area (Å²) in [5.74, 6) is -0.458. The molecule has 7 heteroatoms. The number of carbonyl (C=O) groups excluding carboxylic acids is 1. The highest BCUT2D eigenvalue weighted by atomic mass is 35.5. The standard InChI is InChI=1S/C19H16ClFN4O/c1-12-14(20)6-4-8-16(12)24-18(26)17-9-10-22-19(25-17)23-11-13-5-2-3-7-15(13)21/h2-10H,11H2,1H3,(H,24,26)(H,22,23,25). The molecule has 0 bridgehead atoms. The molecule has 0 fully saturated rings. The van der Waals surface area contributed by atoms with Gasteiger partial charge in [-0.05, 0) is 36.8 Å². The van der Waals surface area contributed by atoms with E-state index in [0.717, 1.165) is 5.56 Å². The molecule has 0 aliphatic carbocycles. The second kappa shape index (κ2) is 7.93. The van der Waals surface area contributed by atoms with E-state index < -0.39 is 0 Å². The Balaban J connectivity index is 1.71. The van der Waals surface area contributed by atoms with E-state index in [9.17, 15) is 9.18 Å². The zero-order valence-electron chi connectivity index (χ0n) is 14.0. The molecule has 1 heterocycles. The molecule has 0 saturated carbocycles. The second-order valence-electron chi connectivity index (χ2n) is 5.58. The maximum absolute atomic E-state index is 13.7. The minimum Gasteiger partial charge on any atom is -0.350 e. The fourth-order valence-electron chi connectivity index (χ4n) is 2.32. The van der Waals surface area contributed by atoms with Crippen molar-refractivity contribution >= 4 is 29.1 Å². The largest absolute Gasteiger partial charge is 0.350 e. The maximum atomic E-state index is 13.7. The molecule has 132 valence electrons. The van der Waals surface area contributed by atoms with Gasteiger partial charge in [0.25, 0.3) is 5.91 Å². The Bertz CT molecular complexity index is 948. The average Bonchev–Trinajstić information content (AvgIpc) is 2.65. The van der Waals surface area contributed by atoms with E-state index in [-0.39, 0.29) is 29.9 Å². The van der Waals surface area contributed by atoms with E-state index in [0.29, 0.717) is 16.3 Å². The first kappa shape index (κ1) is 17.8. The topological polar surface area (TPSA) is 66.9 Å². The lowest BCUT2D eigenvalue weighted by molar-refractivity contribution is 0.102. The predicted molar refractivity (Wildman–Crippen MR) is 99.9 cm³/mol. The van der Waals surface area contributed by atoms with Gasteiger partial charge in [-0.3, -0.25) is 4.79 Å². The highest BCUT2D eigenvalue weighted by Crippen LogP contribution is 2.23. The Morgan fingerprint density at radius 3 is 2.77 bits per heavy atom. The minimum absolute atomic E-state index is 0.190. The molecule has 2 N–H and O–H groups in total. The highest BCUT2D eigenvalue weighted by molar-refractivity contribution is 6.31. The number of benzene rings is 2. The van der Waals surface area contributed by atoms with Crippen LogP contribution in [0.15, 0.2) is 54.7 Å². The van der Waals surface area contributed by atoms with Crippen LogP contribution in [0.3, 0.4) is 0 Å². The molecule has 0 unspecified atom stereocenters. The van der Waals surface area contributed by atoms with Gasteiger partial charge < -0.3 is 10.6 Å². The summed E-state index contributed by atoms with van der Waals surface area (Å²) in [5, 5.41) is 6.26. The molecule has 0 radical (unpaired) electrons. The third-order valence-corrected chi connectivity index (χ3v) is 4.21. The molecule has 0 atom stereocenters. The van der Waals surface area contributed by atoms with Crippen LogP contribution in [0.1, 0.15) is 21.6 Å². The normalized spacial score (nSPS) is 10.4. The fourth-order valence-corrected chi connectivity index (χ4v) is 2.49. The van der Waals surface area contributed by atoms with Gasteiger partial charge >= 0.3 is 0 Å². The van der Waals surface area contributed by atoms with Crippen LogP contribution in [0.2, 0.25) is 5.02 Å². The van der Waals surface area contributed by atoms with Crippen molar-refractivity contribution in [3.8, 4) is 0 Å². The zero-order valence-corrected chi connectivity index (χ0v) is 14.7. The van der Waals surface area contributed by atoms with Crippen LogP contribution in [0, 0.1) is 12.7 Å². The number of nitrogens with zero attached hydrogens (tertiary/aromatic N) is 2. The summed E-state index contributed by atoms with van der Waals surface area (Å²) >= 11 is 6.06. The third-order valence-electron chi connectivity index (χ3n) is 3.80. The molecule has 3 rings (SSSR count). The van der Waals surface area contributed by atoms with Crippen LogP contribution in [0.5, 0.6) is 0 Å². The first-order valence-corrected chi connectivity index (χ1v) is 8.29. The van der Waals surface area contributed by atoms with Crippen molar-refractivity contribution in [1.82, 2.24) is 9.97 Å². The molecule has 5 nitrogen and oxygen atoms in total. The lowest BCUT2D eigenvalue weighted by atomic mass is 10.2. The second-order valence-corrected chi connectivity index (χ2v) is 5.98. The van der Waals surface area contributed by atoms with Crippen LogP contribution >= 0.6 is 11.6 Å². The van der Waals surface area contributed by atoms with Gasteiger partial charge in [0.05, 0.1) is 0 Å². The molecular weight excluding hydrogens is 355 g/mol. The van der Waals surface area contributed by atoms with Crippen molar-refractivity contribution in [2.75, 3.05) is 10.6 Å². The number of amides is 1. The van der Waals surface area contributed by atoms with Gasteiger partial charge in [0.1, 0.15) is 11.5 Å². The van der Waals surface area contributed by atoms with Crippen LogP contribution < -0.4 is 10.6 Å². The molecule has 26 heavy (non-hydrogen) atoms. The smallest absolute Gasteiger partial charge is 0.274 e. The van der Waals surface area contributed by atoms with Crippen molar-refractivity contribution in [2.45, 2.75) is 13.5 Å². The summed E-state index contributed by atoms with van der Waals surface area (Å²) in [6.45, 7) is 2.03. The monoisotopic (exact) mass is 370 g/mol. The van der Waals surface area contributed by atoms with Crippen molar-refractivity contribution in [3.05, 3.63) is 82.4 Å².